The Labute approximate surface area is 144 Å². The highest BCUT2D eigenvalue weighted by molar-refractivity contribution is 5.93. The molecule has 3 rings (SSSR count). The molecule has 1 aromatic carbocycles. The molecule has 0 aliphatic heterocycles. The zero-order valence-corrected chi connectivity index (χ0v) is 14.2. The number of rotatable bonds is 4. The second-order valence-corrected chi connectivity index (χ2v) is 6.01. The summed E-state index contributed by atoms with van der Waals surface area (Å²) in [4.78, 5) is 27.4. The van der Waals surface area contributed by atoms with Crippen LogP contribution >= 0.6 is 0 Å². The van der Waals surface area contributed by atoms with E-state index in [0.29, 0.717) is 5.69 Å². The van der Waals surface area contributed by atoms with Crippen LogP contribution in [-0.4, -0.2) is 20.2 Å². The van der Waals surface area contributed by atoms with Crippen LogP contribution in [0.5, 0.6) is 0 Å². The molecule has 1 N–H and O–H groups in total. The molecule has 0 bridgehead atoms. The van der Waals surface area contributed by atoms with E-state index in [9.17, 15) is 14.9 Å². The van der Waals surface area contributed by atoms with Gasteiger partial charge in [0.15, 0.2) is 0 Å². The average Bonchev–Trinajstić information content (AvgIpc) is 2.87. The predicted octanol–water partition coefficient (Wildman–Crippen LogP) is 3.35. The second kappa shape index (κ2) is 6.35. The van der Waals surface area contributed by atoms with Gasteiger partial charge in [-0.1, -0.05) is 12.1 Å². The third-order valence-electron chi connectivity index (χ3n) is 4.18. The van der Waals surface area contributed by atoms with Crippen molar-refractivity contribution in [3.8, 4) is 0 Å². The Bertz CT molecular complexity index is 991. The summed E-state index contributed by atoms with van der Waals surface area (Å²) in [5.41, 5.74) is 4.62. The number of carbonyl (C=O) groups is 1. The highest BCUT2D eigenvalue weighted by Crippen LogP contribution is 2.22. The minimum absolute atomic E-state index is 0.0532. The maximum Gasteiger partial charge on any atom is 0.271 e. The number of nitro groups is 1. The van der Waals surface area contributed by atoms with Crippen LogP contribution in [0.2, 0.25) is 0 Å². The van der Waals surface area contributed by atoms with Crippen LogP contribution in [0, 0.1) is 30.9 Å². The number of pyridine rings is 1. The molecule has 0 radical (unpaired) electrons. The van der Waals surface area contributed by atoms with Crippen molar-refractivity contribution in [3.63, 3.8) is 0 Å². The number of hydrogen-bond donors (Lipinski definition) is 1. The molecule has 0 fully saturated rings. The van der Waals surface area contributed by atoms with E-state index in [-0.39, 0.29) is 18.0 Å². The van der Waals surface area contributed by atoms with E-state index < -0.39 is 4.92 Å². The lowest BCUT2D eigenvalue weighted by atomic mass is 10.1. The number of nitrogens with zero attached hydrogens (tertiary/aromatic N) is 3. The molecule has 128 valence electrons. The number of non-ortho nitro benzene ring substituents is 1. The normalized spacial score (nSPS) is 10.8. The van der Waals surface area contributed by atoms with E-state index in [1.165, 1.54) is 12.1 Å². The molecule has 0 spiro atoms. The number of anilines is 1. The van der Waals surface area contributed by atoms with Crippen molar-refractivity contribution in [1.29, 1.82) is 0 Å². The van der Waals surface area contributed by atoms with Gasteiger partial charge in [0.25, 0.3) is 5.69 Å². The maximum atomic E-state index is 12.5. The quantitative estimate of drug-likeness (QED) is 0.583. The molecule has 3 aromatic rings. The molecule has 0 atom stereocenters. The third kappa shape index (κ3) is 3.21. The molecule has 7 heteroatoms. The van der Waals surface area contributed by atoms with Crippen LogP contribution < -0.4 is 5.32 Å². The van der Waals surface area contributed by atoms with Crippen molar-refractivity contribution in [2.45, 2.75) is 27.2 Å². The van der Waals surface area contributed by atoms with E-state index in [1.807, 2.05) is 36.6 Å². The van der Waals surface area contributed by atoms with Crippen LogP contribution in [0.4, 0.5) is 11.4 Å². The zero-order valence-electron chi connectivity index (χ0n) is 14.2. The fraction of sp³-hybridized carbons (Fsp3) is 0.222. The fourth-order valence-corrected chi connectivity index (χ4v) is 2.78. The standard InChI is InChI=1S/C18H18N4O3/c1-11-6-7-14(22(24)25)9-15(11)20-17(23)10-16-13(3)19-18-12(2)5-4-8-21(16)18/h4-9H,10H2,1-3H3,(H,20,23). The Balaban J connectivity index is 1.87. The predicted molar refractivity (Wildman–Crippen MR) is 94.8 cm³/mol. The Morgan fingerprint density at radius 3 is 2.72 bits per heavy atom. The van der Waals surface area contributed by atoms with Gasteiger partial charge in [0.1, 0.15) is 5.65 Å². The van der Waals surface area contributed by atoms with Crippen molar-refractivity contribution in [3.05, 3.63) is 69.2 Å². The summed E-state index contributed by atoms with van der Waals surface area (Å²) in [6.45, 7) is 5.63. The SMILES string of the molecule is Cc1ccc([N+](=O)[O-])cc1NC(=O)Cc1c(C)nc2c(C)cccn12. The van der Waals surface area contributed by atoms with Crippen molar-refractivity contribution in [1.82, 2.24) is 9.38 Å². The van der Waals surface area contributed by atoms with E-state index in [2.05, 4.69) is 10.3 Å². The number of imidazole rings is 1. The number of aryl methyl sites for hydroxylation is 3. The number of amides is 1. The summed E-state index contributed by atoms with van der Waals surface area (Å²) in [7, 11) is 0. The molecule has 2 heterocycles. The van der Waals surface area contributed by atoms with E-state index in [0.717, 1.165) is 28.2 Å². The summed E-state index contributed by atoms with van der Waals surface area (Å²) < 4.78 is 1.91. The lowest BCUT2D eigenvalue weighted by Gasteiger charge is -2.09. The van der Waals surface area contributed by atoms with Gasteiger partial charge < -0.3 is 9.72 Å². The molecule has 7 nitrogen and oxygen atoms in total. The van der Waals surface area contributed by atoms with Crippen LogP contribution in [-0.2, 0) is 11.2 Å². The minimum Gasteiger partial charge on any atom is -0.325 e. The van der Waals surface area contributed by atoms with E-state index in [1.54, 1.807) is 13.0 Å². The first-order chi connectivity index (χ1) is 11.9. The lowest BCUT2D eigenvalue weighted by molar-refractivity contribution is -0.384. The van der Waals surface area contributed by atoms with Crippen LogP contribution in [0.15, 0.2) is 36.5 Å². The topological polar surface area (TPSA) is 89.5 Å². The first-order valence-corrected chi connectivity index (χ1v) is 7.85. The number of benzene rings is 1. The van der Waals surface area contributed by atoms with Gasteiger partial charge in [-0.25, -0.2) is 4.98 Å². The maximum absolute atomic E-state index is 12.5. The van der Waals surface area contributed by atoms with Gasteiger partial charge in [0.2, 0.25) is 5.91 Å². The van der Waals surface area contributed by atoms with E-state index >= 15 is 0 Å². The molecule has 2 aromatic heterocycles. The smallest absolute Gasteiger partial charge is 0.271 e. The average molecular weight is 338 g/mol. The Morgan fingerprint density at radius 1 is 1.24 bits per heavy atom. The summed E-state index contributed by atoms with van der Waals surface area (Å²) in [6.07, 6.45) is 2.02. The first-order valence-electron chi connectivity index (χ1n) is 7.85. The lowest BCUT2D eigenvalue weighted by Crippen LogP contribution is -2.17. The Morgan fingerprint density at radius 2 is 2.00 bits per heavy atom. The fourth-order valence-electron chi connectivity index (χ4n) is 2.78. The largest absolute Gasteiger partial charge is 0.325 e. The number of nitrogens with one attached hydrogen (secondary N) is 1. The second-order valence-electron chi connectivity index (χ2n) is 6.01. The first kappa shape index (κ1) is 16.6. The highest BCUT2D eigenvalue weighted by atomic mass is 16.6. The number of aromatic nitrogens is 2. The molecule has 0 aliphatic carbocycles. The minimum atomic E-state index is -0.480. The summed E-state index contributed by atoms with van der Waals surface area (Å²) >= 11 is 0. The summed E-state index contributed by atoms with van der Waals surface area (Å²) in [5.74, 6) is -0.241. The van der Waals surface area contributed by atoms with Gasteiger partial charge in [-0.05, 0) is 38.0 Å². The van der Waals surface area contributed by atoms with Crippen molar-refractivity contribution in [2.24, 2.45) is 0 Å². The number of nitro benzene ring substituents is 1. The van der Waals surface area contributed by atoms with Gasteiger partial charge >= 0.3 is 0 Å². The zero-order chi connectivity index (χ0) is 18.1. The molecule has 0 saturated carbocycles. The molecule has 0 aliphatic rings. The molecule has 1 amide bonds. The van der Waals surface area contributed by atoms with E-state index in [4.69, 9.17) is 0 Å². The van der Waals surface area contributed by atoms with Gasteiger partial charge in [0, 0.05) is 18.3 Å². The third-order valence-corrected chi connectivity index (χ3v) is 4.18. The molecule has 0 saturated heterocycles. The van der Waals surface area contributed by atoms with Gasteiger partial charge in [0.05, 0.1) is 28.4 Å². The van der Waals surface area contributed by atoms with Crippen molar-refractivity contribution in [2.75, 3.05) is 5.32 Å². The molecule has 0 unspecified atom stereocenters. The van der Waals surface area contributed by atoms with Crippen LogP contribution in [0.1, 0.15) is 22.5 Å². The number of hydrogen-bond acceptors (Lipinski definition) is 4. The highest BCUT2D eigenvalue weighted by Gasteiger charge is 2.16. The molecular formula is C18H18N4O3. The summed E-state index contributed by atoms with van der Waals surface area (Å²) in [5, 5.41) is 13.7. The summed E-state index contributed by atoms with van der Waals surface area (Å²) in [6, 6.07) is 8.30. The van der Waals surface area contributed by atoms with Gasteiger partial charge in [-0.2, -0.15) is 0 Å². The van der Waals surface area contributed by atoms with Crippen molar-refractivity contribution >= 4 is 22.9 Å². The van der Waals surface area contributed by atoms with Gasteiger partial charge in [-0.15, -0.1) is 0 Å². The van der Waals surface area contributed by atoms with Crippen LogP contribution in [0.3, 0.4) is 0 Å². The van der Waals surface area contributed by atoms with Crippen molar-refractivity contribution < 1.29 is 9.72 Å². The Kier molecular flexibility index (Phi) is 4.22. The monoisotopic (exact) mass is 338 g/mol. The van der Waals surface area contributed by atoms with Gasteiger partial charge in [-0.3, -0.25) is 14.9 Å². The van der Waals surface area contributed by atoms with Crippen LogP contribution in [0.25, 0.3) is 5.65 Å². The molecule has 25 heavy (non-hydrogen) atoms. The number of carbonyl (C=O) groups excluding carboxylic acids is 1. The Hall–Kier alpha value is -3.22. The number of fused-ring (bicyclic) bond motifs is 1. The molecular weight excluding hydrogens is 320 g/mol.